The number of benzene rings is 1. The fraction of sp³-hybridized carbons (Fsp3) is 0.526. The van der Waals surface area contributed by atoms with Crippen molar-refractivity contribution >= 4 is 22.7 Å². The molecule has 26 heavy (non-hydrogen) atoms. The Morgan fingerprint density at radius 2 is 2.12 bits per heavy atom. The van der Waals surface area contributed by atoms with Crippen LogP contribution < -0.4 is 5.32 Å². The van der Waals surface area contributed by atoms with E-state index in [1.165, 1.54) is 0 Å². The molecule has 2 atom stereocenters. The van der Waals surface area contributed by atoms with Crippen molar-refractivity contribution in [2.75, 3.05) is 44.7 Å². The first-order valence-electron chi connectivity index (χ1n) is 9.17. The van der Waals surface area contributed by atoms with E-state index >= 15 is 0 Å². The largest absolute Gasteiger partial charge is 0.459 e. The number of rotatable bonds is 2. The number of anilines is 1. The molecule has 7 nitrogen and oxygen atoms in total. The van der Waals surface area contributed by atoms with Crippen molar-refractivity contribution in [2.45, 2.75) is 25.5 Å². The minimum absolute atomic E-state index is 0.0397. The van der Waals surface area contributed by atoms with Gasteiger partial charge in [-0.05, 0) is 25.5 Å². The van der Waals surface area contributed by atoms with Gasteiger partial charge in [0.25, 0.3) is 0 Å². The highest BCUT2D eigenvalue weighted by Gasteiger charge is 2.33. The number of carbonyl (C=O) groups excluding carboxylic acids is 1. The van der Waals surface area contributed by atoms with Crippen LogP contribution >= 0.6 is 0 Å². The van der Waals surface area contributed by atoms with Crippen LogP contribution in [0.1, 0.15) is 12.2 Å². The number of aliphatic hydroxyl groups is 1. The number of hydrogen-bond donors (Lipinski definition) is 2. The van der Waals surface area contributed by atoms with Gasteiger partial charge < -0.3 is 24.5 Å². The van der Waals surface area contributed by atoms with Crippen molar-refractivity contribution in [2.24, 2.45) is 0 Å². The minimum atomic E-state index is -0.435. The molecular formula is C19H25N3O4. The van der Waals surface area contributed by atoms with E-state index in [9.17, 15) is 9.90 Å². The van der Waals surface area contributed by atoms with Gasteiger partial charge >= 0.3 is 6.03 Å². The van der Waals surface area contributed by atoms with E-state index < -0.39 is 6.10 Å². The summed E-state index contributed by atoms with van der Waals surface area (Å²) in [6.07, 6.45) is 0.441. The summed E-state index contributed by atoms with van der Waals surface area (Å²) >= 11 is 0. The zero-order valence-corrected chi connectivity index (χ0v) is 15.0. The van der Waals surface area contributed by atoms with Gasteiger partial charge in [-0.15, -0.1) is 0 Å². The first-order valence-corrected chi connectivity index (χ1v) is 9.17. The number of fused-ring (bicyclic) bond motifs is 1. The molecule has 1 aromatic heterocycles. The summed E-state index contributed by atoms with van der Waals surface area (Å²) < 4.78 is 11.1. The number of para-hydroxylation sites is 1. The lowest BCUT2D eigenvalue weighted by atomic mass is 10.2. The number of carbonyl (C=O) groups is 1. The molecule has 2 fully saturated rings. The summed E-state index contributed by atoms with van der Waals surface area (Å²) in [6, 6.07) is 7.64. The maximum absolute atomic E-state index is 12.7. The van der Waals surface area contributed by atoms with E-state index in [1.54, 1.807) is 0 Å². The number of urea groups is 1. The normalized spacial score (nSPS) is 24.8. The molecule has 0 bridgehead atoms. The van der Waals surface area contributed by atoms with Crippen molar-refractivity contribution in [3.8, 4) is 0 Å². The highest BCUT2D eigenvalue weighted by Crippen LogP contribution is 2.27. The van der Waals surface area contributed by atoms with Crippen LogP contribution in [0.25, 0.3) is 11.0 Å². The molecule has 7 heteroatoms. The third kappa shape index (κ3) is 3.42. The molecule has 0 saturated carbocycles. The van der Waals surface area contributed by atoms with E-state index in [1.807, 2.05) is 36.1 Å². The van der Waals surface area contributed by atoms with Gasteiger partial charge in [-0.3, -0.25) is 4.90 Å². The highest BCUT2D eigenvalue weighted by molar-refractivity contribution is 5.99. The van der Waals surface area contributed by atoms with Gasteiger partial charge in [-0.25, -0.2) is 4.79 Å². The van der Waals surface area contributed by atoms with Crippen molar-refractivity contribution in [3.05, 3.63) is 30.0 Å². The quantitative estimate of drug-likeness (QED) is 0.858. The van der Waals surface area contributed by atoms with Gasteiger partial charge in [0.2, 0.25) is 0 Å². The summed E-state index contributed by atoms with van der Waals surface area (Å²) in [4.78, 5) is 16.8. The zero-order valence-electron chi connectivity index (χ0n) is 15.0. The summed E-state index contributed by atoms with van der Waals surface area (Å²) in [5.74, 6) is 0.824. The predicted octanol–water partition coefficient (Wildman–Crippen LogP) is 2.04. The maximum atomic E-state index is 12.7. The van der Waals surface area contributed by atoms with Crippen LogP contribution in [-0.2, 0) is 4.74 Å². The van der Waals surface area contributed by atoms with Crippen molar-refractivity contribution < 1.29 is 19.1 Å². The van der Waals surface area contributed by atoms with Crippen LogP contribution in [-0.4, -0.2) is 72.5 Å². The first kappa shape index (κ1) is 17.3. The number of aryl methyl sites for hydroxylation is 1. The number of nitrogens with one attached hydrogen (secondary N) is 1. The SMILES string of the molecule is Cc1cc2cccc(NC(=O)N3CCCN([C@H]4COC[C@@H]4O)CC3)c2o1. The van der Waals surface area contributed by atoms with Gasteiger partial charge in [0.15, 0.2) is 5.58 Å². The molecule has 140 valence electrons. The lowest BCUT2D eigenvalue weighted by Gasteiger charge is -2.28. The fourth-order valence-electron chi connectivity index (χ4n) is 3.84. The van der Waals surface area contributed by atoms with E-state index in [-0.39, 0.29) is 12.1 Å². The summed E-state index contributed by atoms with van der Waals surface area (Å²) in [7, 11) is 0. The summed E-state index contributed by atoms with van der Waals surface area (Å²) in [5, 5.41) is 14.0. The molecule has 0 unspecified atom stereocenters. The van der Waals surface area contributed by atoms with Crippen LogP contribution in [0.15, 0.2) is 28.7 Å². The van der Waals surface area contributed by atoms with E-state index in [4.69, 9.17) is 9.15 Å². The summed E-state index contributed by atoms with van der Waals surface area (Å²) in [6.45, 7) is 5.78. The molecule has 2 amide bonds. The number of nitrogens with zero attached hydrogens (tertiary/aromatic N) is 2. The standard InChI is InChI=1S/C19H25N3O4/c1-13-10-14-4-2-5-15(18(14)26-13)20-19(24)22-7-3-6-21(8-9-22)16-11-25-12-17(16)23/h2,4-5,10,16-17,23H,3,6-9,11-12H2,1H3,(H,20,24)/t16-,17-/m0/s1. The minimum Gasteiger partial charge on any atom is -0.459 e. The third-order valence-corrected chi connectivity index (χ3v) is 5.22. The molecule has 2 saturated heterocycles. The lowest BCUT2D eigenvalue weighted by molar-refractivity contribution is 0.0845. The van der Waals surface area contributed by atoms with Gasteiger partial charge in [0.1, 0.15) is 5.76 Å². The van der Waals surface area contributed by atoms with Crippen LogP contribution in [0.3, 0.4) is 0 Å². The van der Waals surface area contributed by atoms with Gasteiger partial charge in [-0.2, -0.15) is 0 Å². The molecule has 2 N–H and O–H groups in total. The number of furan rings is 1. The topological polar surface area (TPSA) is 78.2 Å². The van der Waals surface area contributed by atoms with Gasteiger partial charge in [0, 0.05) is 31.6 Å². The second kappa shape index (κ2) is 7.26. The fourth-order valence-corrected chi connectivity index (χ4v) is 3.84. The third-order valence-electron chi connectivity index (χ3n) is 5.22. The lowest BCUT2D eigenvalue weighted by Crippen LogP contribution is -2.45. The molecule has 2 aliphatic rings. The van der Waals surface area contributed by atoms with Crippen LogP contribution in [0.2, 0.25) is 0 Å². The molecule has 0 radical (unpaired) electrons. The second-order valence-electron chi connectivity index (χ2n) is 7.06. The van der Waals surface area contributed by atoms with Crippen molar-refractivity contribution in [1.29, 1.82) is 0 Å². The number of aliphatic hydroxyl groups excluding tert-OH is 1. The zero-order chi connectivity index (χ0) is 18.1. The monoisotopic (exact) mass is 359 g/mol. The Kier molecular flexibility index (Phi) is 4.84. The Labute approximate surface area is 152 Å². The molecule has 0 spiro atoms. The van der Waals surface area contributed by atoms with E-state index in [0.717, 1.165) is 30.7 Å². The second-order valence-corrected chi connectivity index (χ2v) is 7.06. The molecule has 0 aliphatic carbocycles. The average Bonchev–Trinajstić information content (AvgIpc) is 3.12. The molecule has 4 rings (SSSR count). The Balaban J connectivity index is 1.42. The number of amides is 2. The Morgan fingerprint density at radius 3 is 2.92 bits per heavy atom. The Hall–Kier alpha value is -2.09. The van der Waals surface area contributed by atoms with E-state index in [2.05, 4.69) is 10.2 Å². The van der Waals surface area contributed by atoms with Gasteiger partial charge in [-0.1, -0.05) is 12.1 Å². The average molecular weight is 359 g/mol. The smallest absolute Gasteiger partial charge is 0.321 e. The number of ether oxygens (including phenoxy) is 1. The highest BCUT2D eigenvalue weighted by atomic mass is 16.5. The molecule has 1 aromatic carbocycles. The molecular weight excluding hydrogens is 334 g/mol. The van der Waals surface area contributed by atoms with Gasteiger partial charge in [0.05, 0.1) is 31.0 Å². The predicted molar refractivity (Wildman–Crippen MR) is 98.3 cm³/mol. The first-order chi connectivity index (χ1) is 12.6. The molecule has 2 aromatic rings. The number of hydrogen-bond acceptors (Lipinski definition) is 5. The molecule has 3 heterocycles. The van der Waals surface area contributed by atoms with Crippen LogP contribution in [0.5, 0.6) is 0 Å². The summed E-state index contributed by atoms with van der Waals surface area (Å²) in [5.41, 5.74) is 1.40. The van der Waals surface area contributed by atoms with Crippen molar-refractivity contribution in [3.63, 3.8) is 0 Å². The van der Waals surface area contributed by atoms with Crippen LogP contribution in [0.4, 0.5) is 10.5 Å². The molecule has 2 aliphatic heterocycles. The van der Waals surface area contributed by atoms with Crippen molar-refractivity contribution in [1.82, 2.24) is 9.80 Å². The maximum Gasteiger partial charge on any atom is 0.321 e. The van der Waals surface area contributed by atoms with Crippen LogP contribution in [0, 0.1) is 6.92 Å². The Morgan fingerprint density at radius 1 is 1.23 bits per heavy atom. The Bertz CT molecular complexity index is 790. The van der Waals surface area contributed by atoms with E-state index in [0.29, 0.717) is 37.6 Å².